The maximum atomic E-state index is 14.3. The molecule has 4 rings (SSSR count). The van der Waals surface area contributed by atoms with Crippen LogP contribution in [0.4, 0.5) is 14.5 Å². The lowest BCUT2D eigenvalue weighted by atomic mass is 10.0. The second-order valence-corrected chi connectivity index (χ2v) is 6.64. The van der Waals surface area contributed by atoms with Crippen LogP contribution >= 0.6 is 0 Å². The van der Waals surface area contributed by atoms with Crippen molar-refractivity contribution in [3.63, 3.8) is 0 Å². The Hall–Kier alpha value is -2.94. The Labute approximate surface area is 152 Å². The van der Waals surface area contributed by atoms with Crippen molar-refractivity contribution < 1.29 is 8.78 Å². The van der Waals surface area contributed by atoms with Crippen LogP contribution in [0.5, 0.6) is 0 Å². The number of nitrogens with zero attached hydrogens (tertiary/aromatic N) is 1. The van der Waals surface area contributed by atoms with Gasteiger partial charge in [0.15, 0.2) is 0 Å². The largest absolute Gasteiger partial charge is 0.357 e. The van der Waals surface area contributed by atoms with Crippen LogP contribution in [-0.4, -0.2) is 6.54 Å². The second-order valence-electron chi connectivity index (χ2n) is 6.64. The minimum absolute atomic E-state index is 0.0171. The molecule has 26 heavy (non-hydrogen) atoms. The Bertz CT molecular complexity index is 946. The summed E-state index contributed by atoms with van der Waals surface area (Å²) < 4.78 is 28.0. The van der Waals surface area contributed by atoms with E-state index in [1.165, 1.54) is 17.7 Å². The molecule has 1 nitrogen and oxygen atoms in total. The summed E-state index contributed by atoms with van der Waals surface area (Å²) in [5.41, 5.74) is 4.51. The highest BCUT2D eigenvalue weighted by atomic mass is 19.1. The minimum Gasteiger partial charge on any atom is -0.357 e. The van der Waals surface area contributed by atoms with Gasteiger partial charge in [0, 0.05) is 17.8 Å². The zero-order valence-electron chi connectivity index (χ0n) is 14.5. The van der Waals surface area contributed by atoms with E-state index in [2.05, 4.69) is 41.3 Å². The number of benzene rings is 3. The number of aryl methyl sites for hydroxylation is 1. The lowest BCUT2D eigenvalue weighted by molar-refractivity contribution is 0.596. The lowest BCUT2D eigenvalue weighted by Crippen LogP contribution is -2.23. The van der Waals surface area contributed by atoms with Crippen molar-refractivity contribution in [3.8, 4) is 0 Å². The van der Waals surface area contributed by atoms with E-state index in [9.17, 15) is 8.78 Å². The molecule has 130 valence electrons. The highest BCUT2D eigenvalue weighted by Crippen LogP contribution is 2.38. The van der Waals surface area contributed by atoms with Gasteiger partial charge in [-0.05, 0) is 48.4 Å². The van der Waals surface area contributed by atoms with Crippen molar-refractivity contribution in [1.82, 2.24) is 0 Å². The Kier molecular flexibility index (Phi) is 4.29. The zero-order chi connectivity index (χ0) is 18.1. The molecule has 1 heterocycles. The van der Waals surface area contributed by atoms with Gasteiger partial charge in [0.1, 0.15) is 11.6 Å². The summed E-state index contributed by atoms with van der Waals surface area (Å²) in [6.07, 6.45) is 2.03. The molecule has 0 amide bonds. The number of hydrogen-bond acceptors (Lipinski definition) is 1. The lowest BCUT2D eigenvalue weighted by Gasteiger charge is -2.27. The molecule has 0 N–H and O–H groups in total. The Balaban J connectivity index is 1.78. The molecule has 1 unspecified atom stereocenters. The average molecular weight is 347 g/mol. The van der Waals surface area contributed by atoms with Gasteiger partial charge in [0.05, 0.1) is 6.04 Å². The predicted molar refractivity (Wildman–Crippen MR) is 102 cm³/mol. The summed E-state index contributed by atoms with van der Waals surface area (Å²) in [7, 11) is 0. The van der Waals surface area contributed by atoms with Gasteiger partial charge in [-0.1, -0.05) is 54.1 Å². The van der Waals surface area contributed by atoms with Gasteiger partial charge in [-0.3, -0.25) is 0 Å². The summed E-state index contributed by atoms with van der Waals surface area (Å²) in [4.78, 5) is 2.22. The van der Waals surface area contributed by atoms with Crippen molar-refractivity contribution in [2.24, 2.45) is 0 Å². The monoisotopic (exact) mass is 347 g/mol. The van der Waals surface area contributed by atoms with Crippen molar-refractivity contribution in [2.45, 2.75) is 13.0 Å². The van der Waals surface area contributed by atoms with E-state index in [0.29, 0.717) is 12.1 Å². The van der Waals surface area contributed by atoms with Crippen LogP contribution < -0.4 is 4.90 Å². The Morgan fingerprint density at radius 2 is 1.62 bits per heavy atom. The third kappa shape index (κ3) is 3.13. The highest BCUT2D eigenvalue weighted by molar-refractivity contribution is 5.76. The van der Waals surface area contributed by atoms with Crippen molar-refractivity contribution in [1.29, 1.82) is 0 Å². The number of halogens is 2. The fourth-order valence-electron chi connectivity index (χ4n) is 3.45. The average Bonchev–Trinajstić information content (AvgIpc) is 3.10. The Morgan fingerprint density at radius 1 is 0.885 bits per heavy atom. The number of rotatable bonds is 3. The van der Waals surface area contributed by atoms with E-state index in [0.717, 1.165) is 22.9 Å². The SMILES string of the molecule is Cc1ccc(N2CC(c3cc(F)ccc3F)=CC2c2ccccc2)cc1. The molecule has 0 spiro atoms. The molecule has 3 aromatic rings. The maximum absolute atomic E-state index is 14.3. The minimum atomic E-state index is -0.424. The van der Waals surface area contributed by atoms with Crippen LogP contribution in [0.2, 0.25) is 0 Å². The first-order valence-electron chi connectivity index (χ1n) is 8.66. The molecule has 3 heteroatoms. The third-order valence-electron chi connectivity index (χ3n) is 4.82. The topological polar surface area (TPSA) is 3.24 Å². The van der Waals surface area contributed by atoms with Crippen LogP contribution in [0.15, 0.2) is 78.9 Å². The van der Waals surface area contributed by atoms with E-state index in [1.807, 2.05) is 31.2 Å². The predicted octanol–water partition coefficient (Wildman–Crippen LogP) is 5.92. The van der Waals surface area contributed by atoms with E-state index < -0.39 is 11.6 Å². The third-order valence-corrected chi connectivity index (χ3v) is 4.82. The molecule has 0 fully saturated rings. The first-order chi connectivity index (χ1) is 12.6. The van der Waals surface area contributed by atoms with Crippen LogP contribution in [0.1, 0.15) is 22.7 Å². The fourth-order valence-corrected chi connectivity index (χ4v) is 3.45. The molecule has 0 radical (unpaired) electrons. The molecule has 0 bridgehead atoms. The van der Waals surface area contributed by atoms with Crippen molar-refractivity contribution >= 4 is 11.3 Å². The quantitative estimate of drug-likeness (QED) is 0.568. The van der Waals surface area contributed by atoms with Crippen molar-refractivity contribution in [2.75, 3.05) is 11.4 Å². The highest BCUT2D eigenvalue weighted by Gasteiger charge is 2.28. The van der Waals surface area contributed by atoms with E-state index >= 15 is 0 Å². The summed E-state index contributed by atoms with van der Waals surface area (Å²) in [6.45, 7) is 2.58. The van der Waals surface area contributed by atoms with Gasteiger partial charge in [-0.25, -0.2) is 8.78 Å². The molecule has 1 aliphatic heterocycles. The summed E-state index contributed by atoms with van der Waals surface area (Å²) in [5.74, 6) is -0.817. The maximum Gasteiger partial charge on any atom is 0.130 e. The van der Waals surface area contributed by atoms with Gasteiger partial charge in [0.2, 0.25) is 0 Å². The normalized spacial score (nSPS) is 16.7. The van der Waals surface area contributed by atoms with Crippen LogP contribution in [-0.2, 0) is 0 Å². The van der Waals surface area contributed by atoms with Gasteiger partial charge in [-0.15, -0.1) is 0 Å². The first kappa shape index (κ1) is 16.5. The van der Waals surface area contributed by atoms with Crippen LogP contribution in [0.3, 0.4) is 0 Å². The molecular weight excluding hydrogens is 328 g/mol. The smallest absolute Gasteiger partial charge is 0.130 e. The van der Waals surface area contributed by atoms with Gasteiger partial charge < -0.3 is 4.90 Å². The first-order valence-corrected chi connectivity index (χ1v) is 8.66. The van der Waals surface area contributed by atoms with Crippen LogP contribution in [0.25, 0.3) is 5.57 Å². The zero-order valence-corrected chi connectivity index (χ0v) is 14.5. The van der Waals surface area contributed by atoms with Crippen molar-refractivity contribution in [3.05, 3.63) is 107 Å². The molecule has 1 aliphatic rings. The van der Waals surface area contributed by atoms with Gasteiger partial charge >= 0.3 is 0 Å². The van der Waals surface area contributed by atoms with Crippen LogP contribution in [0, 0.1) is 18.6 Å². The molecule has 0 saturated carbocycles. The molecule has 3 aromatic carbocycles. The fraction of sp³-hybridized carbons (Fsp3) is 0.130. The molecule has 0 aliphatic carbocycles. The molecule has 0 saturated heterocycles. The van der Waals surface area contributed by atoms with E-state index in [4.69, 9.17) is 0 Å². The second kappa shape index (κ2) is 6.75. The Morgan fingerprint density at radius 3 is 2.35 bits per heavy atom. The summed E-state index contributed by atoms with van der Waals surface area (Å²) in [6, 6.07) is 22.0. The van der Waals surface area contributed by atoms with E-state index in [-0.39, 0.29) is 6.04 Å². The molecule has 0 aromatic heterocycles. The number of anilines is 1. The van der Waals surface area contributed by atoms with E-state index in [1.54, 1.807) is 0 Å². The molecular formula is C23H19F2N. The number of hydrogen-bond donors (Lipinski definition) is 0. The molecule has 1 atom stereocenters. The standard InChI is InChI=1S/C23H19F2N/c1-16-7-10-20(11-8-16)26-15-18(21-14-19(24)9-12-22(21)25)13-23(26)17-5-3-2-4-6-17/h2-14,23H,15H2,1H3. The summed E-state index contributed by atoms with van der Waals surface area (Å²) >= 11 is 0. The van der Waals surface area contributed by atoms with Gasteiger partial charge in [0.25, 0.3) is 0 Å². The van der Waals surface area contributed by atoms with Gasteiger partial charge in [-0.2, -0.15) is 0 Å². The summed E-state index contributed by atoms with van der Waals surface area (Å²) in [5, 5.41) is 0.